The molecule has 0 fully saturated rings. The van der Waals surface area contributed by atoms with Gasteiger partial charge in [-0.15, -0.1) is 0 Å². The average molecular weight is 291 g/mol. The number of anilines is 1. The topological polar surface area (TPSA) is 41.6 Å². The van der Waals surface area contributed by atoms with Gasteiger partial charge in [0.15, 0.2) is 5.96 Å². The van der Waals surface area contributed by atoms with E-state index in [2.05, 4.69) is 18.8 Å². The third-order valence-corrected chi connectivity index (χ3v) is 4.26. The summed E-state index contributed by atoms with van der Waals surface area (Å²) in [4.78, 5) is 6.23. The SMILES string of the molecule is CCCCCCCC1(C)CN=C(N)N1c1ccccc1F. The molecule has 21 heavy (non-hydrogen) atoms. The van der Waals surface area contributed by atoms with Crippen LogP contribution < -0.4 is 10.6 Å². The zero-order chi connectivity index (χ0) is 15.3. The first kappa shape index (κ1) is 15.8. The number of unbranched alkanes of at least 4 members (excludes halogenated alkanes) is 4. The number of guanidine groups is 1. The van der Waals surface area contributed by atoms with Gasteiger partial charge in [0.2, 0.25) is 0 Å². The van der Waals surface area contributed by atoms with Crippen LogP contribution in [-0.2, 0) is 0 Å². The van der Waals surface area contributed by atoms with E-state index in [1.807, 2.05) is 11.0 Å². The van der Waals surface area contributed by atoms with Crippen molar-refractivity contribution in [2.24, 2.45) is 10.7 Å². The molecule has 0 aliphatic carbocycles. The maximum Gasteiger partial charge on any atom is 0.196 e. The summed E-state index contributed by atoms with van der Waals surface area (Å²) in [6.07, 6.45) is 7.12. The Bertz CT molecular complexity index is 501. The van der Waals surface area contributed by atoms with E-state index in [4.69, 9.17) is 5.73 Å². The van der Waals surface area contributed by atoms with Crippen LogP contribution in [0.3, 0.4) is 0 Å². The molecular weight excluding hydrogens is 265 g/mol. The van der Waals surface area contributed by atoms with Crippen molar-refractivity contribution in [1.29, 1.82) is 0 Å². The Kier molecular flexibility index (Phi) is 5.21. The van der Waals surface area contributed by atoms with Crippen LogP contribution in [0.5, 0.6) is 0 Å². The van der Waals surface area contributed by atoms with Crippen molar-refractivity contribution >= 4 is 11.6 Å². The van der Waals surface area contributed by atoms with E-state index in [1.165, 1.54) is 31.7 Å². The van der Waals surface area contributed by atoms with Crippen molar-refractivity contribution in [2.75, 3.05) is 11.4 Å². The van der Waals surface area contributed by atoms with Gasteiger partial charge in [-0.05, 0) is 25.5 Å². The number of benzene rings is 1. The molecule has 4 heteroatoms. The molecule has 3 nitrogen and oxygen atoms in total. The van der Waals surface area contributed by atoms with E-state index in [0.717, 1.165) is 12.8 Å². The van der Waals surface area contributed by atoms with Crippen LogP contribution >= 0.6 is 0 Å². The largest absolute Gasteiger partial charge is 0.369 e. The van der Waals surface area contributed by atoms with Crippen molar-refractivity contribution in [1.82, 2.24) is 0 Å². The van der Waals surface area contributed by atoms with Crippen molar-refractivity contribution in [2.45, 2.75) is 57.9 Å². The van der Waals surface area contributed by atoms with E-state index in [1.54, 1.807) is 12.1 Å². The van der Waals surface area contributed by atoms with Crippen LogP contribution in [0, 0.1) is 5.82 Å². The Morgan fingerprint density at radius 1 is 1.24 bits per heavy atom. The molecule has 116 valence electrons. The van der Waals surface area contributed by atoms with Gasteiger partial charge in [-0.2, -0.15) is 0 Å². The van der Waals surface area contributed by atoms with E-state index in [9.17, 15) is 4.39 Å². The maximum atomic E-state index is 14.1. The first-order valence-electron chi connectivity index (χ1n) is 7.93. The standard InChI is InChI=1S/C17H26FN3/c1-3-4-5-6-9-12-17(2)13-20-16(19)21(17)15-11-8-7-10-14(15)18/h7-8,10-11H,3-6,9,12-13H2,1-2H3,(H2,19,20). The number of hydrogen-bond acceptors (Lipinski definition) is 3. The van der Waals surface area contributed by atoms with Crippen molar-refractivity contribution in [3.05, 3.63) is 30.1 Å². The summed E-state index contributed by atoms with van der Waals surface area (Å²) in [5, 5.41) is 0. The van der Waals surface area contributed by atoms with E-state index >= 15 is 0 Å². The number of rotatable bonds is 7. The minimum atomic E-state index is -0.241. The number of aliphatic imine (C=N–C) groups is 1. The Balaban J connectivity index is 2.07. The summed E-state index contributed by atoms with van der Waals surface area (Å²) in [5.41, 5.74) is 6.34. The second-order valence-corrected chi connectivity index (χ2v) is 6.12. The maximum absolute atomic E-state index is 14.1. The molecule has 2 N–H and O–H groups in total. The first-order valence-corrected chi connectivity index (χ1v) is 7.93. The number of nitrogens with two attached hydrogens (primary N) is 1. The zero-order valence-electron chi connectivity index (χ0n) is 13.1. The molecule has 0 bridgehead atoms. The van der Waals surface area contributed by atoms with Gasteiger partial charge < -0.3 is 10.6 Å². The predicted molar refractivity (Wildman–Crippen MR) is 87.1 cm³/mol. The molecule has 0 radical (unpaired) electrons. The van der Waals surface area contributed by atoms with Gasteiger partial charge >= 0.3 is 0 Å². The van der Waals surface area contributed by atoms with Crippen LogP contribution in [0.25, 0.3) is 0 Å². The molecule has 1 aliphatic rings. The fourth-order valence-electron chi connectivity index (χ4n) is 3.02. The quantitative estimate of drug-likeness (QED) is 0.769. The van der Waals surface area contributed by atoms with Crippen LogP contribution in [0.2, 0.25) is 0 Å². The molecule has 2 rings (SSSR count). The molecular formula is C17H26FN3. The molecule has 0 saturated carbocycles. The highest BCUT2D eigenvalue weighted by atomic mass is 19.1. The molecule has 1 heterocycles. The molecule has 0 aromatic heterocycles. The van der Waals surface area contributed by atoms with Crippen molar-refractivity contribution < 1.29 is 4.39 Å². The minimum absolute atomic E-state index is 0.210. The number of para-hydroxylation sites is 1. The first-order chi connectivity index (χ1) is 10.1. The minimum Gasteiger partial charge on any atom is -0.369 e. The molecule has 1 unspecified atom stereocenters. The van der Waals surface area contributed by atoms with Crippen LogP contribution in [0.1, 0.15) is 52.4 Å². The fourth-order valence-corrected chi connectivity index (χ4v) is 3.02. The smallest absolute Gasteiger partial charge is 0.196 e. The van der Waals surface area contributed by atoms with Gasteiger partial charge in [-0.3, -0.25) is 4.99 Å². The van der Waals surface area contributed by atoms with Crippen LogP contribution in [0.4, 0.5) is 10.1 Å². The molecule has 1 aliphatic heterocycles. The van der Waals surface area contributed by atoms with Crippen LogP contribution in [0.15, 0.2) is 29.3 Å². The average Bonchev–Trinajstić information content (AvgIpc) is 2.76. The lowest BCUT2D eigenvalue weighted by molar-refractivity contribution is 0.429. The molecule has 1 aromatic carbocycles. The monoisotopic (exact) mass is 291 g/mol. The van der Waals surface area contributed by atoms with Crippen LogP contribution in [-0.4, -0.2) is 18.0 Å². The summed E-state index contributed by atoms with van der Waals surface area (Å²) in [7, 11) is 0. The fraction of sp³-hybridized carbons (Fsp3) is 0.588. The third kappa shape index (κ3) is 3.55. The highest BCUT2D eigenvalue weighted by Gasteiger charge is 2.39. The molecule has 0 spiro atoms. The van der Waals surface area contributed by atoms with E-state index < -0.39 is 0 Å². The summed E-state index contributed by atoms with van der Waals surface area (Å²) in [6, 6.07) is 6.79. The van der Waals surface area contributed by atoms with Gasteiger partial charge in [0.25, 0.3) is 0 Å². The summed E-state index contributed by atoms with van der Waals surface area (Å²) >= 11 is 0. The van der Waals surface area contributed by atoms with Crippen molar-refractivity contribution in [3.8, 4) is 0 Å². The molecule has 0 saturated heterocycles. The highest BCUT2D eigenvalue weighted by molar-refractivity contribution is 5.98. The van der Waals surface area contributed by atoms with Gasteiger partial charge in [0.05, 0.1) is 17.8 Å². The molecule has 1 atom stereocenters. The summed E-state index contributed by atoms with van der Waals surface area (Å²) < 4.78 is 14.1. The summed E-state index contributed by atoms with van der Waals surface area (Å²) in [6.45, 7) is 4.98. The Morgan fingerprint density at radius 3 is 2.67 bits per heavy atom. The van der Waals surface area contributed by atoms with Gasteiger partial charge in [0, 0.05) is 0 Å². The lowest BCUT2D eigenvalue weighted by atomic mass is 9.92. The van der Waals surface area contributed by atoms with Gasteiger partial charge in [0.1, 0.15) is 5.82 Å². The second kappa shape index (κ2) is 6.92. The van der Waals surface area contributed by atoms with Crippen molar-refractivity contribution in [3.63, 3.8) is 0 Å². The Labute approximate surface area is 127 Å². The number of halogens is 1. The molecule has 0 amide bonds. The predicted octanol–water partition coefficient (Wildman–Crippen LogP) is 4.08. The Hall–Kier alpha value is -1.58. The zero-order valence-corrected chi connectivity index (χ0v) is 13.1. The lowest BCUT2D eigenvalue weighted by Gasteiger charge is -2.36. The highest BCUT2D eigenvalue weighted by Crippen LogP contribution is 2.34. The van der Waals surface area contributed by atoms with Gasteiger partial charge in [-0.1, -0.05) is 51.2 Å². The number of nitrogens with zero attached hydrogens (tertiary/aromatic N) is 2. The van der Waals surface area contributed by atoms with E-state index in [-0.39, 0.29) is 11.4 Å². The summed E-state index contributed by atoms with van der Waals surface area (Å²) in [5.74, 6) is 0.186. The number of hydrogen-bond donors (Lipinski definition) is 1. The Morgan fingerprint density at radius 2 is 1.95 bits per heavy atom. The van der Waals surface area contributed by atoms with Gasteiger partial charge in [-0.25, -0.2) is 4.39 Å². The third-order valence-electron chi connectivity index (χ3n) is 4.26. The second-order valence-electron chi connectivity index (χ2n) is 6.12. The lowest BCUT2D eigenvalue weighted by Crippen LogP contribution is -2.50. The molecule has 1 aromatic rings. The normalized spacial score (nSPS) is 21.7. The van der Waals surface area contributed by atoms with E-state index in [0.29, 0.717) is 18.2 Å².